The zero-order valence-electron chi connectivity index (χ0n) is 6.54. The molecule has 0 amide bonds. The molecule has 1 rings (SSSR count). The third-order valence-corrected chi connectivity index (χ3v) is 2.08. The number of aromatic carboxylic acids is 1. The van der Waals surface area contributed by atoms with E-state index in [-0.39, 0.29) is 10.4 Å². The molecular formula is C7H5BrFNO3. The third-order valence-electron chi connectivity index (χ3n) is 1.35. The molecule has 1 aromatic heterocycles. The quantitative estimate of drug-likeness (QED) is 0.867. The van der Waals surface area contributed by atoms with Gasteiger partial charge in [0, 0.05) is 0 Å². The van der Waals surface area contributed by atoms with Crippen molar-refractivity contribution in [1.29, 1.82) is 0 Å². The maximum absolute atomic E-state index is 12.9. The molecule has 0 atom stereocenters. The lowest BCUT2D eigenvalue weighted by Gasteiger charge is -2.04. The fraction of sp³-hybridized carbons (Fsp3) is 0.143. The zero-order chi connectivity index (χ0) is 10.0. The van der Waals surface area contributed by atoms with Gasteiger partial charge in [-0.25, -0.2) is 14.2 Å². The van der Waals surface area contributed by atoms with Gasteiger partial charge in [0.25, 0.3) is 0 Å². The van der Waals surface area contributed by atoms with Gasteiger partial charge < -0.3 is 9.84 Å². The number of aromatic nitrogens is 1. The van der Waals surface area contributed by atoms with Crippen LogP contribution >= 0.6 is 15.9 Å². The van der Waals surface area contributed by atoms with E-state index in [0.717, 1.165) is 6.20 Å². The maximum Gasteiger partial charge on any atom is 0.340 e. The van der Waals surface area contributed by atoms with E-state index in [1.165, 1.54) is 7.11 Å². The number of nitrogens with zero attached hydrogens (tertiary/aromatic N) is 1. The zero-order valence-corrected chi connectivity index (χ0v) is 8.13. The minimum Gasteiger partial charge on any atom is -0.480 e. The smallest absolute Gasteiger partial charge is 0.340 e. The summed E-state index contributed by atoms with van der Waals surface area (Å²) in [7, 11) is 1.32. The van der Waals surface area contributed by atoms with Gasteiger partial charge in [0.05, 0.1) is 17.8 Å². The average Bonchev–Trinajstić information content (AvgIpc) is 2.04. The number of rotatable bonds is 2. The van der Waals surface area contributed by atoms with Gasteiger partial charge in [0.2, 0.25) is 5.88 Å². The van der Waals surface area contributed by atoms with Crippen LogP contribution in [0.5, 0.6) is 5.88 Å². The second-order valence-corrected chi connectivity index (χ2v) is 2.90. The molecule has 1 N–H and O–H groups in total. The number of hydrogen-bond donors (Lipinski definition) is 1. The number of hydrogen-bond acceptors (Lipinski definition) is 3. The third kappa shape index (κ3) is 1.77. The highest BCUT2D eigenvalue weighted by Crippen LogP contribution is 2.27. The van der Waals surface area contributed by atoms with Crippen molar-refractivity contribution in [3.05, 3.63) is 22.1 Å². The van der Waals surface area contributed by atoms with Gasteiger partial charge in [-0.1, -0.05) is 0 Å². The van der Waals surface area contributed by atoms with Crippen LogP contribution in [0.15, 0.2) is 10.7 Å². The molecule has 6 heteroatoms. The number of halogens is 2. The lowest BCUT2D eigenvalue weighted by molar-refractivity contribution is 0.0690. The summed E-state index contributed by atoms with van der Waals surface area (Å²) in [5.41, 5.74) is -0.480. The summed E-state index contributed by atoms with van der Waals surface area (Å²) >= 11 is 2.88. The number of carbonyl (C=O) groups is 1. The van der Waals surface area contributed by atoms with Crippen molar-refractivity contribution in [1.82, 2.24) is 4.98 Å². The van der Waals surface area contributed by atoms with Gasteiger partial charge in [0.1, 0.15) is 5.56 Å². The summed E-state index contributed by atoms with van der Waals surface area (Å²) in [6, 6.07) is 0. The van der Waals surface area contributed by atoms with Crippen molar-refractivity contribution in [2.24, 2.45) is 0 Å². The molecule has 0 fully saturated rings. The van der Waals surface area contributed by atoms with Crippen LogP contribution in [-0.2, 0) is 0 Å². The lowest BCUT2D eigenvalue weighted by Crippen LogP contribution is -2.04. The topological polar surface area (TPSA) is 59.4 Å². The Morgan fingerprint density at radius 3 is 2.85 bits per heavy atom. The first-order valence-corrected chi connectivity index (χ1v) is 3.98. The number of pyridine rings is 1. The number of methoxy groups -OCH3 is 1. The van der Waals surface area contributed by atoms with Gasteiger partial charge in [-0.2, -0.15) is 0 Å². The maximum atomic E-state index is 12.9. The summed E-state index contributed by atoms with van der Waals surface area (Å²) in [4.78, 5) is 14.1. The van der Waals surface area contributed by atoms with Crippen LogP contribution in [0.2, 0.25) is 0 Å². The van der Waals surface area contributed by atoms with E-state index in [1.807, 2.05) is 0 Å². The number of carboxylic acids is 1. The minimum absolute atomic E-state index is 0.00231. The molecule has 0 aliphatic heterocycles. The normalized spacial score (nSPS) is 9.77. The Morgan fingerprint density at radius 1 is 1.77 bits per heavy atom. The predicted molar refractivity (Wildman–Crippen MR) is 45.4 cm³/mol. The highest BCUT2D eigenvalue weighted by atomic mass is 79.9. The molecule has 13 heavy (non-hydrogen) atoms. The van der Waals surface area contributed by atoms with Gasteiger partial charge in [-0.15, -0.1) is 0 Å². The molecule has 0 spiro atoms. The predicted octanol–water partition coefficient (Wildman–Crippen LogP) is 1.69. The lowest BCUT2D eigenvalue weighted by atomic mass is 10.2. The Hall–Kier alpha value is -1.17. The van der Waals surface area contributed by atoms with Crippen molar-refractivity contribution in [3.8, 4) is 5.88 Å². The van der Waals surface area contributed by atoms with Crippen LogP contribution in [0.4, 0.5) is 4.39 Å². The fourth-order valence-electron chi connectivity index (χ4n) is 0.787. The van der Waals surface area contributed by atoms with Gasteiger partial charge in [-0.05, 0) is 15.9 Å². The van der Waals surface area contributed by atoms with E-state index >= 15 is 0 Å². The first kappa shape index (κ1) is 9.91. The second kappa shape index (κ2) is 3.69. The monoisotopic (exact) mass is 249 g/mol. The van der Waals surface area contributed by atoms with Crippen molar-refractivity contribution in [2.75, 3.05) is 7.11 Å². The van der Waals surface area contributed by atoms with E-state index in [2.05, 4.69) is 20.9 Å². The van der Waals surface area contributed by atoms with Gasteiger partial charge in [0.15, 0.2) is 5.82 Å². The van der Waals surface area contributed by atoms with Crippen LogP contribution in [0, 0.1) is 5.82 Å². The minimum atomic E-state index is -1.37. The Balaban J connectivity index is 3.38. The average molecular weight is 250 g/mol. The summed E-state index contributed by atoms with van der Waals surface area (Å²) in [6.07, 6.45) is 0.799. The van der Waals surface area contributed by atoms with E-state index in [0.29, 0.717) is 0 Å². The molecule has 1 aromatic rings. The second-order valence-electron chi connectivity index (χ2n) is 2.11. The Kier molecular flexibility index (Phi) is 2.82. The van der Waals surface area contributed by atoms with Crippen LogP contribution in [0.3, 0.4) is 0 Å². The molecular weight excluding hydrogens is 245 g/mol. The molecule has 1 heterocycles. The van der Waals surface area contributed by atoms with Crippen LogP contribution in [-0.4, -0.2) is 23.2 Å². The molecule has 0 aromatic carbocycles. The fourth-order valence-corrected chi connectivity index (χ4v) is 1.41. The van der Waals surface area contributed by atoms with Gasteiger partial charge >= 0.3 is 5.97 Å². The molecule has 0 radical (unpaired) electrons. The van der Waals surface area contributed by atoms with E-state index in [4.69, 9.17) is 9.84 Å². The number of carboxylic acid groups (broad SMARTS) is 1. The molecule has 0 unspecified atom stereocenters. The van der Waals surface area contributed by atoms with Crippen LogP contribution < -0.4 is 4.74 Å². The standard InChI is InChI=1S/C7H5BrFNO3/c1-13-6-5(8)4(7(11)12)3(9)2-10-6/h2H,1H3,(H,11,12). The van der Waals surface area contributed by atoms with Crippen LogP contribution in [0.1, 0.15) is 10.4 Å². The molecule has 0 saturated carbocycles. The Morgan fingerprint density at radius 2 is 2.38 bits per heavy atom. The summed E-state index contributed by atoms with van der Waals surface area (Å²) in [5.74, 6) is -2.23. The largest absolute Gasteiger partial charge is 0.480 e. The summed E-state index contributed by atoms with van der Waals surface area (Å²) in [5, 5.41) is 8.61. The Bertz CT molecular complexity index is 356. The summed E-state index contributed by atoms with van der Waals surface area (Å²) < 4.78 is 17.6. The first-order valence-electron chi connectivity index (χ1n) is 3.19. The van der Waals surface area contributed by atoms with Crippen molar-refractivity contribution >= 4 is 21.9 Å². The van der Waals surface area contributed by atoms with Crippen LogP contribution in [0.25, 0.3) is 0 Å². The van der Waals surface area contributed by atoms with E-state index in [9.17, 15) is 9.18 Å². The van der Waals surface area contributed by atoms with E-state index < -0.39 is 17.3 Å². The van der Waals surface area contributed by atoms with E-state index in [1.54, 1.807) is 0 Å². The SMILES string of the molecule is COc1ncc(F)c(C(=O)O)c1Br. The van der Waals surface area contributed by atoms with Crippen molar-refractivity contribution < 1.29 is 19.0 Å². The van der Waals surface area contributed by atoms with Gasteiger partial charge in [-0.3, -0.25) is 0 Å². The number of ether oxygens (including phenoxy) is 1. The summed E-state index contributed by atoms with van der Waals surface area (Å²) in [6.45, 7) is 0. The molecule has 0 aliphatic rings. The van der Waals surface area contributed by atoms with Crippen molar-refractivity contribution in [3.63, 3.8) is 0 Å². The Labute approximate surface area is 81.5 Å². The molecule has 0 aliphatic carbocycles. The highest BCUT2D eigenvalue weighted by Gasteiger charge is 2.19. The molecule has 0 saturated heterocycles. The molecule has 4 nitrogen and oxygen atoms in total. The molecule has 0 bridgehead atoms. The van der Waals surface area contributed by atoms with Crippen molar-refractivity contribution in [2.45, 2.75) is 0 Å². The molecule has 70 valence electrons. The highest BCUT2D eigenvalue weighted by molar-refractivity contribution is 9.10. The first-order chi connectivity index (χ1) is 6.07.